The number of hydrogen-bond donors (Lipinski definition) is 2. The van der Waals surface area contributed by atoms with Crippen LogP contribution in [0.3, 0.4) is 0 Å². The normalized spacial score (nSPS) is 16.7. The highest BCUT2D eigenvalue weighted by Crippen LogP contribution is 2.14. The third-order valence-corrected chi connectivity index (χ3v) is 5.17. The summed E-state index contributed by atoms with van der Waals surface area (Å²) >= 11 is 0. The molecule has 1 aliphatic heterocycles. The van der Waals surface area contributed by atoms with Gasteiger partial charge in [0.15, 0.2) is 5.96 Å². The molecular weight excluding hydrogens is 392 g/mol. The van der Waals surface area contributed by atoms with Gasteiger partial charge in [-0.1, -0.05) is 24.3 Å². The summed E-state index contributed by atoms with van der Waals surface area (Å²) in [7, 11) is 2.11. The van der Waals surface area contributed by atoms with Crippen molar-refractivity contribution >= 4 is 5.96 Å². The molecule has 1 aromatic carbocycles. The maximum atomic E-state index is 5.83. The Kier molecular flexibility index (Phi) is 9.89. The molecule has 3 rings (SSSR count). The minimum Gasteiger partial charge on any atom is -0.468 e. The highest BCUT2D eigenvalue weighted by atomic mass is 16.5. The third-order valence-electron chi connectivity index (χ3n) is 5.17. The second-order valence-corrected chi connectivity index (χ2v) is 7.85. The van der Waals surface area contributed by atoms with Crippen LogP contribution in [-0.4, -0.2) is 56.9 Å². The molecule has 2 N–H and O–H groups in total. The number of guanidine groups is 1. The number of benzene rings is 1. The van der Waals surface area contributed by atoms with Gasteiger partial charge in [0, 0.05) is 32.8 Å². The van der Waals surface area contributed by atoms with Crippen LogP contribution in [-0.2, 0) is 29.1 Å². The quantitative estimate of drug-likeness (QED) is 0.307. The van der Waals surface area contributed by atoms with Gasteiger partial charge in [-0.05, 0) is 50.1 Å². The lowest BCUT2D eigenvalue weighted by molar-refractivity contribution is 0.0420. The van der Waals surface area contributed by atoms with Crippen LogP contribution < -0.4 is 10.6 Å². The summed E-state index contributed by atoms with van der Waals surface area (Å²) in [5.41, 5.74) is 2.51. The average Bonchev–Trinajstić information content (AvgIpc) is 3.47. The smallest absolute Gasteiger partial charge is 0.191 e. The van der Waals surface area contributed by atoms with E-state index in [9.17, 15) is 0 Å². The predicted molar refractivity (Wildman–Crippen MR) is 123 cm³/mol. The highest BCUT2D eigenvalue weighted by molar-refractivity contribution is 5.79. The number of ether oxygens (including phenoxy) is 2. The van der Waals surface area contributed by atoms with Gasteiger partial charge in [0.25, 0.3) is 0 Å². The van der Waals surface area contributed by atoms with Crippen LogP contribution in [0.4, 0.5) is 0 Å². The van der Waals surface area contributed by atoms with E-state index >= 15 is 0 Å². The number of furan rings is 1. The van der Waals surface area contributed by atoms with Crippen molar-refractivity contribution in [2.24, 2.45) is 4.99 Å². The Morgan fingerprint density at radius 3 is 2.77 bits per heavy atom. The first kappa shape index (κ1) is 23.3. The maximum absolute atomic E-state index is 5.83. The van der Waals surface area contributed by atoms with Crippen molar-refractivity contribution in [2.75, 3.05) is 40.0 Å². The summed E-state index contributed by atoms with van der Waals surface area (Å²) in [6.45, 7) is 8.29. The zero-order chi connectivity index (χ0) is 21.7. The first-order chi connectivity index (χ1) is 15.2. The van der Waals surface area contributed by atoms with Gasteiger partial charge >= 0.3 is 0 Å². The minimum absolute atomic E-state index is 0.268. The fraction of sp³-hybridized carbons (Fsp3) is 0.542. The second-order valence-electron chi connectivity index (χ2n) is 7.85. The molecule has 0 radical (unpaired) electrons. The van der Waals surface area contributed by atoms with E-state index in [1.807, 2.05) is 12.1 Å². The van der Waals surface area contributed by atoms with Gasteiger partial charge in [-0.25, -0.2) is 4.99 Å². The minimum atomic E-state index is 0.268. The fourth-order valence-corrected chi connectivity index (χ4v) is 3.56. The van der Waals surface area contributed by atoms with Crippen LogP contribution >= 0.6 is 0 Å². The van der Waals surface area contributed by atoms with E-state index in [1.54, 1.807) is 6.26 Å². The van der Waals surface area contributed by atoms with E-state index in [2.05, 4.69) is 53.8 Å². The fourth-order valence-electron chi connectivity index (χ4n) is 3.56. The number of nitrogens with zero attached hydrogens (tertiary/aromatic N) is 2. The molecule has 7 nitrogen and oxygen atoms in total. The number of aliphatic imine (C=N–C) groups is 1. The van der Waals surface area contributed by atoms with Gasteiger partial charge in [-0.2, -0.15) is 0 Å². The molecule has 31 heavy (non-hydrogen) atoms. The van der Waals surface area contributed by atoms with E-state index in [1.165, 1.54) is 11.1 Å². The van der Waals surface area contributed by atoms with Crippen molar-refractivity contribution in [3.8, 4) is 0 Å². The van der Waals surface area contributed by atoms with Gasteiger partial charge in [0.05, 0.1) is 32.1 Å². The SMILES string of the molecule is CCNC(=NCc1ccccc1CN(C)Cc1ccco1)NCCCOC1CCOC1. The lowest BCUT2D eigenvalue weighted by Gasteiger charge is -2.18. The van der Waals surface area contributed by atoms with Crippen molar-refractivity contribution in [1.82, 2.24) is 15.5 Å². The Morgan fingerprint density at radius 2 is 2.03 bits per heavy atom. The molecule has 0 saturated carbocycles. The zero-order valence-corrected chi connectivity index (χ0v) is 18.8. The topological polar surface area (TPSA) is 71.3 Å². The Hall–Kier alpha value is -2.35. The zero-order valence-electron chi connectivity index (χ0n) is 18.8. The summed E-state index contributed by atoms with van der Waals surface area (Å²) in [5, 5.41) is 6.74. The lowest BCUT2D eigenvalue weighted by atomic mass is 10.1. The molecule has 1 fully saturated rings. The third kappa shape index (κ3) is 8.36. The first-order valence-corrected chi connectivity index (χ1v) is 11.2. The van der Waals surface area contributed by atoms with Gasteiger partial charge < -0.3 is 24.5 Å². The van der Waals surface area contributed by atoms with Gasteiger partial charge in [0.1, 0.15) is 5.76 Å². The molecule has 0 aliphatic carbocycles. The molecule has 0 amide bonds. The van der Waals surface area contributed by atoms with Crippen molar-refractivity contribution in [1.29, 1.82) is 0 Å². The van der Waals surface area contributed by atoms with Crippen molar-refractivity contribution in [3.63, 3.8) is 0 Å². The Balaban J connectivity index is 1.47. The first-order valence-electron chi connectivity index (χ1n) is 11.2. The van der Waals surface area contributed by atoms with E-state index in [-0.39, 0.29) is 6.10 Å². The predicted octanol–water partition coefficient (Wildman–Crippen LogP) is 3.16. The highest BCUT2D eigenvalue weighted by Gasteiger charge is 2.15. The summed E-state index contributed by atoms with van der Waals surface area (Å²) in [6, 6.07) is 12.4. The molecule has 1 atom stereocenters. The van der Waals surface area contributed by atoms with E-state index in [0.29, 0.717) is 6.54 Å². The molecule has 0 spiro atoms. The molecule has 1 aliphatic rings. The van der Waals surface area contributed by atoms with Crippen LogP contribution in [0.25, 0.3) is 0 Å². The summed E-state index contributed by atoms with van der Waals surface area (Å²) in [6.07, 6.45) is 3.93. The monoisotopic (exact) mass is 428 g/mol. The van der Waals surface area contributed by atoms with Gasteiger partial charge in [0.2, 0.25) is 0 Å². The molecule has 2 heterocycles. The summed E-state index contributed by atoms with van der Waals surface area (Å²) < 4.78 is 16.6. The van der Waals surface area contributed by atoms with E-state index in [0.717, 1.165) is 70.6 Å². The molecular formula is C24H36N4O3. The van der Waals surface area contributed by atoms with Crippen LogP contribution in [0.5, 0.6) is 0 Å². The Morgan fingerprint density at radius 1 is 1.16 bits per heavy atom. The molecule has 1 saturated heterocycles. The second kappa shape index (κ2) is 13.1. The standard InChI is InChI=1S/C24H36N4O3/c1-3-25-24(26-12-7-14-31-23-11-15-29-19-23)27-16-20-8-4-5-9-21(20)17-28(2)18-22-10-6-13-30-22/h4-6,8-10,13,23H,3,7,11-12,14-19H2,1-2H3,(H2,25,26,27). The molecule has 7 heteroatoms. The summed E-state index contributed by atoms with van der Waals surface area (Å²) in [4.78, 5) is 7.05. The molecule has 2 aromatic rings. The van der Waals surface area contributed by atoms with Crippen molar-refractivity contribution in [2.45, 2.75) is 45.5 Å². The van der Waals surface area contributed by atoms with Gasteiger partial charge in [-0.3, -0.25) is 4.90 Å². The maximum Gasteiger partial charge on any atom is 0.191 e. The van der Waals surface area contributed by atoms with Crippen LogP contribution in [0.1, 0.15) is 36.7 Å². The molecule has 170 valence electrons. The Labute approximate surface area is 185 Å². The van der Waals surface area contributed by atoms with E-state index in [4.69, 9.17) is 18.9 Å². The van der Waals surface area contributed by atoms with Gasteiger partial charge in [-0.15, -0.1) is 0 Å². The van der Waals surface area contributed by atoms with Crippen molar-refractivity contribution in [3.05, 3.63) is 59.5 Å². The number of nitrogens with one attached hydrogen (secondary N) is 2. The lowest BCUT2D eigenvalue weighted by Crippen LogP contribution is -2.38. The number of rotatable bonds is 12. The van der Waals surface area contributed by atoms with E-state index < -0.39 is 0 Å². The Bertz CT molecular complexity index is 773. The average molecular weight is 429 g/mol. The van der Waals surface area contributed by atoms with Crippen molar-refractivity contribution < 1.29 is 13.9 Å². The molecule has 1 aromatic heterocycles. The molecule has 1 unspecified atom stereocenters. The van der Waals surface area contributed by atoms with Crippen LogP contribution in [0.15, 0.2) is 52.1 Å². The summed E-state index contributed by atoms with van der Waals surface area (Å²) in [5.74, 6) is 1.81. The van der Waals surface area contributed by atoms with Crippen LogP contribution in [0.2, 0.25) is 0 Å². The molecule has 0 bridgehead atoms. The van der Waals surface area contributed by atoms with Crippen LogP contribution in [0, 0.1) is 0 Å². The number of hydrogen-bond acceptors (Lipinski definition) is 5. The largest absolute Gasteiger partial charge is 0.468 e.